The molecule has 0 aromatic heterocycles. The molecule has 26 heavy (non-hydrogen) atoms. The van der Waals surface area contributed by atoms with Crippen molar-refractivity contribution in [3.8, 4) is 5.75 Å². The van der Waals surface area contributed by atoms with Crippen molar-refractivity contribution >= 4 is 23.3 Å². The first-order chi connectivity index (χ1) is 12.5. The largest absolute Gasteiger partial charge is 0.497 e. The van der Waals surface area contributed by atoms with E-state index in [1.807, 2.05) is 24.3 Å². The lowest BCUT2D eigenvalue weighted by molar-refractivity contribution is -0.114. The zero-order valence-electron chi connectivity index (χ0n) is 14.9. The van der Waals surface area contributed by atoms with Crippen LogP contribution in [0.15, 0.2) is 48.5 Å². The molecule has 0 bridgehead atoms. The van der Waals surface area contributed by atoms with Crippen molar-refractivity contribution in [3.63, 3.8) is 0 Å². The number of amides is 3. The van der Waals surface area contributed by atoms with E-state index in [0.29, 0.717) is 17.3 Å². The lowest BCUT2D eigenvalue weighted by Gasteiger charge is -2.19. The molecule has 3 rings (SSSR count). The predicted octanol–water partition coefficient (Wildman–Crippen LogP) is 3.93. The van der Waals surface area contributed by atoms with Crippen LogP contribution in [0.1, 0.15) is 31.4 Å². The maximum Gasteiger partial charge on any atom is 0.319 e. The number of methoxy groups -OCH3 is 1. The van der Waals surface area contributed by atoms with Crippen LogP contribution in [-0.4, -0.2) is 19.0 Å². The number of ether oxygens (including phenoxy) is 1. The quantitative estimate of drug-likeness (QED) is 0.736. The van der Waals surface area contributed by atoms with Crippen molar-refractivity contribution in [2.24, 2.45) is 5.92 Å². The first-order valence-electron chi connectivity index (χ1n) is 8.64. The third-order valence-corrected chi connectivity index (χ3v) is 4.32. The summed E-state index contributed by atoms with van der Waals surface area (Å²) < 4.78 is 5.19. The van der Waals surface area contributed by atoms with Gasteiger partial charge in [-0.15, -0.1) is 0 Å². The molecule has 6 heteroatoms. The SMILES string of the molecule is COc1ccc(C(NC(=O)Nc2ccc(NC(C)=O)cc2)C2CC2)cc1. The number of carbonyl (C=O) groups excluding carboxylic acids is 2. The van der Waals surface area contributed by atoms with Crippen LogP contribution >= 0.6 is 0 Å². The molecule has 1 aliphatic carbocycles. The van der Waals surface area contributed by atoms with Crippen LogP contribution in [0.4, 0.5) is 16.2 Å². The maximum atomic E-state index is 12.4. The second kappa shape index (κ2) is 7.91. The molecular weight excluding hydrogens is 330 g/mol. The van der Waals surface area contributed by atoms with Crippen LogP contribution in [0.3, 0.4) is 0 Å². The predicted molar refractivity (Wildman–Crippen MR) is 101 cm³/mol. The van der Waals surface area contributed by atoms with E-state index in [9.17, 15) is 9.59 Å². The zero-order chi connectivity index (χ0) is 18.5. The van der Waals surface area contributed by atoms with Gasteiger partial charge in [-0.25, -0.2) is 4.79 Å². The Morgan fingerprint density at radius 2 is 1.54 bits per heavy atom. The summed E-state index contributed by atoms with van der Waals surface area (Å²) >= 11 is 0. The van der Waals surface area contributed by atoms with Gasteiger partial charge in [-0.1, -0.05) is 12.1 Å². The molecule has 0 radical (unpaired) electrons. The molecule has 1 atom stereocenters. The average molecular weight is 353 g/mol. The van der Waals surface area contributed by atoms with Crippen LogP contribution < -0.4 is 20.7 Å². The highest BCUT2D eigenvalue weighted by Gasteiger charge is 2.33. The summed E-state index contributed by atoms with van der Waals surface area (Å²) in [4.78, 5) is 23.4. The third kappa shape index (κ3) is 4.75. The maximum absolute atomic E-state index is 12.4. The summed E-state index contributed by atoms with van der Waals surface area (Å²) in [6, 6.07) is 14.5. The molecule has 1 saturated carbocycles. The van der Waals surface area contributed by atoms with E-state index >= 15 is 0 Å². The fraction of sp³-hybridized carbons (Fsp3) is 0.300. The molecule has 2 aromatic rings. The molecule has 136 valence electrons. The van der Waals surface area contributed by atoms with Gasteiger partial charge in [0.15, 0.2) is 0 Å². The van der Waals surface area contributed by atoms with Gasteiger partial charge in [0.2, 0.25) is 5.91 Å². The number of benzene rings is 2. The number of urea groups is 1. The van der Waals surface area contributed by atoms with Crippen molar-refractivity contribution in [2.45, 2.75) is 25.8 Å². The number of rotatable bonds is 6. The van der Waals surface area contributed by atoms with Gasteiger partial charge in [0.25, 0.3) is 0 Å². The van der Waals surface area contributed by atoms with Gasteiger partial charge < -0.3 is 20.7 Å². The van der Waals surface area contributed by atoms with Crippen molar-refractivity contribution in [1.29, 1.82) is 0 Å². The summed E-state index contributed by atoms with van der Waals surface area (Å²) in [5, 5.41) is 8.60. The van der Waals surface area contributed by atoms with Gasteiger partial charge in [0.05, 0.1) is 13.2 Å². The van der Waals surface area contributed by atoms with Crippen LogP contribution in [0.5, 0.6) is 5.75 Å². The smallest absolute Gasteiger partial charge is 0.319 e. The van der Waals surface area contributed by atoms with E-state index < -0.39 is 0 Å². The van der Waals surface area contributed by atoms with Crippen molar-refractivity contribution in [1.82, 2.24) is 5.32 Å². The fourth-order valence-corrected chi connectivity index (χ4v) is 2.86. The summed E-state index contributed by atoms with van der Waals surface area (Å²) in [6.45, 7) is 1.46. The van der Waals surface area contributed by atoms with Gasteiger partial charge in [-0.3, -0.25) is 4.79 Å². The highest BCUT2D eigenvalue weighted by Crippen LogP contribution is 2.41. The first-order valence-corrected chi connectivity index (χ1v) is 8.64. The number of hydrogen-bond donors (Lipinski definition) is 3. The summed E-state index contributed by atoms with van der Waals surface area (Å²) in [5.41, 5.74) is 2.43. The van der Waals surface area contributed by atoms with E-state index in [2.05, 4.69) is 16.0 Å². The van der Waals surface area contributed by atoms with Gasteiger partial charge in [-0.05, 0) is 60.7 Å². The van der Waals surface area contributed by atoms with Crippen molar-refractivity contribution in [2.75, 3.05) is 17.7 Å². The number of nitrogens with one attached hydrogen (secondary N) is 3. The Hall–Kier alpha value is -3.02. The zero-order valence-corrected chi connectivity index (χ0v) is 14.9. The Kier molecular flexibility index (Phi) is 5.41. The van der Waals surface area contributed by atoms with Gasteiger partial charge >= 0.3 is 6.03 Å². The van der Waals surface area contributed by atoms with Crippen molar-refractivity contribution in [3.05, 3.63) is 54.1 Å². The second-order valence-electron chi connectivity index (χ2n) is 6.45. The highest BCUT2D eigenvalue weighted by molar-refractivity contribution is 5.91. The van der Waals surface area contributed by atoms with Crippen LogP contribution in [-0.2, 0) is 4.79 Å². The van der Waals surface area contributed by atoms with E-state index in [1.54, 1.807) is 31.4 Å². The molecule has 2 aromatic carbocycles. The monoisotopic (exact) mass is 353 g/mol. The molecule has 1 unspecified atom stereocenters. The minimum absolute atomic E-state index is 0.0143. The van der Waals surface area contributed by atoms with Crippen LogP contribution in [0.25, 0.3) is 0 Å². The molecule has 0 spiro atoms. The van der Waals surface area contributed by atoms with Crippen LogP contribution in [0.2, 0.25) is 0 Å². The average Bonchev–Trinajstić information content (AvgIpc) is 3.46. The summed E-state index contributed by atoms with van der Waals surface area (Å²) in [5.74, 6) is 1.14. The molecule has 3 N–H and O–H groups in total. The second-order valence-corrected chi connectivity index (χ2v) is 6.45. The normalized spacial score (nSPS) is 14.2. The summed E-state index contributed by atoms with van der Waals surface area (Å²) in [6.07, 6.45) is 2.23. The highest BCUT2D eigenvalue weighted by atomic mass is 16.5. The molecule has 0 heterocycles. The standard InChI is InChI=1S/C20H23N3O3/c1-13(24)21-16-7-9-17(10-8-16)22-20(25)23-19(14-3-4-14)15-5-11-18(26-2)12-6-15/h5-12,14,19H,3-4H2,1-2H3,(H,21,24)(H2,22,23,25). The lowest BCUT2D eigenvalue weighted by atomic mass is 10.0. The molecule has 6 nitrogen and oxygen atoms in total. The Labute approximate surface area is 152 Å². The third-order valence-electron chi connectivity index (χ3n) is 4.32. The molecule has 3 amide bonds. The molecule has 0 saturated heterocycles. The van der Waals surface area contributed by atoms with Gasteiger partial charge in [0.1, 0.15) is 5.75 Å². The minimum Gasteiger partial charge on any atom is -0.497 e. The molecular formula is C20H23N3O3. The first kappa shape index (κ1) is 17.8. The molecule has 0 aliphatic heterocycles. The van der Waals surface area contributed by atoms with E-state index in [0.717, 1.165) is 24.2 Å². The Morgan fingerprint density at radius 1 is 0.962 bits per heavy atom. The number of anilines is 2. The van der Waals surface area contributed by atoms with Gasteiger partial charge in [0, 0.05) is 18.3 Å². The molecule has 1 aliphatic rings. The Bertz CT molecular complexity index is 768. The van der Waals surface area contributed by atoms with Crippen molar-refractivity contribution < 1.29 is 14.3 Å². The van der Waals surface area contributed by atoms with Gasteiger partial charge in [-0.2, -0.15) is 0 Å². The number of carbonyl (C=O) groups is 2. The fourth-order valence-electron chi connectivity index (χ4n) is 2.86. The lowest BCUT2D eigenvalue weighted by Crippen LogP contribution is -2.33. The molecule has 1 fully saturated rings. The minimum atomic E-state index is -0.245. The van der Waals surface area contributed by atoms with Crippen LogP contribution in [0, 0.1) is 5.92 Å². The Morgan fingerprint density at radius 3 is 2.04 bits per heavy atom. The van der Waals surface area contributed by atoms with E-state index in [-0.39, 0.29) is 18.0 Å². The van der Waals surface area contributed by atoms with E-state index in [4.69, 9.17) is 4.74 Å². The Balaban J connectivity index is 1.62. The topological polar surface area (TPSA) is 79.5 Å². The summed E-state index contributed by atoms with van der Waals surface area (Å²) in [7, 11) is 1.64. The van der Waals surface area contributed by atoms with E-state index in [1.165, 1.54) is 6.92 Å². The number of hydrogen-bond acceptors (Lipinski definition) is 3.